The van der Waals surface area contributed by atoms with E-state index in [2.05, 4.69) is 15.1 Å². The van der Waals surface area contributed by atoms with Crippen molar-refractivity contribution in [2.45, 2.75) is 6.54 Å². The maximum atomic E-state index is 5.57. The van der Waals surface area contributed by atoms with E-state index in [0.29, 0.717) is 24.1 Å². The monoisotopic (exact) mass is 219 g/mol. The fourth-order valence-electron chi connectivity index (χ4n) is 1.30. The van der Waals surface area contributed by atoms with Gasteiger partial charge >= 0.3 is 0 Å². The number of nitrogens with two attached hydrogens (primary N) is 1. The zero-order valence-corrected chi connectivity index (χ0v) is 9.21. The van der Waals surface area contributed by atoms with Crippen LogP contribution in [0.4, 0.5) is 5.82 Å². The van der Waals surface area contributed by atoms with Crippen LogP contribution >= 0.6 is 0 Å². The Morgan fingerprint density at radius 2 is 2.25 bits per heavy atom. The molecule has 6 nitrogen and oxygen atoms in total. The topological polar surface area (TPSA) is 81.1 Å². The van der Waals surface area contributed by atoms with Gasteiger partial charge in [-0.3, -0.25) is 0 Å². The Morgan fingerprint density at radius 1 is 1.44 bits per heavy atom. The van der Waals surface area contributed by atoms with Crippen LogP contribution in [0, 0.1) is 0 Å². The van der Waals surface area contributed by atoms with Gasteiger partial charge in [-0.1, -0.05) is 5.16 Å². The van der Waals surface area contributed by atoms with Crippen molar-refractivity contribution in [3.05, 3.63) is 24.2 Å². The lowest BCUT2D eigenvalue weighted by molar-refractivity contribution is 0.365. The molecule has 0 aliphatic carbocycles. The molecule has 0 saturated carbocycles. The summed E-state index contributed by atoms with van der Waals surface area (Å²) in [6.45, 7) is 0.643. The quantitative estimate of drug-likeness (QED) is 0.821. The summed E-state index contributed by atoms with van der Waals surface area (Å²) < 4.78 is 5.14. The van der Waals surface area contributed by atoms with Gasteiger partial charge in [-0.2, -0.15) is 4.98 Å². The lowest BCUT2D eigenvalue weighted by Gasteiger charge is -2.03. The SMILES string of the molecule is CN(C)Cc1noc(-c2ccnc(N)c2)n1. The van der Waals surface area contributed by atoms with Crippen LogP contribution in [-0.4, -0.2) is 34.1 Å². The molecule has 0 radical (unpaired) electrons. The molecule has 16 heavy (non-hydrogen) atoms. The summed E-state index contributed by atoms with van der Waals surface area (Å²) in [4.78, 5) is 10.1. The van der Waals surface area contributed by atoms with E-state index in [4.69, 9.17) is 10.3 Å². The van der Waals surface area contributed by atoms with Gasteiger partial charge in [0.15, 0.2) is 5.82 Å². The van der Waals surface area contributed by atoms with Gasteiger partial charge in [0, 0.05) is 11.8 Å². The third-order valence-corrected chi connectivity index (χ3v) is 1.95. The highest BCUT2D eigenvalue weighted by Crippen LogP contribution is 2.18. The highest BCUT2D eigenvalue weighted by Gasteiger charge is 2.09. The first-order valence-electron chi connectivity index (χ1n) is 4.84. The summed E-state index contributed by atoms with van der Waals surface area (Å²) in [5, 5.41) is 3.87. The smallest absolute Gasteiger partial charge is 0.258 e. The molecular weight excluding hydrogens is 206 g/mol. The molecule has 2 N–H and O–H groups in total. The Kier molecular flexibility index (Phi) is 2.82. The second kappa shape index (κ2) is 4.28. The van der Waals surface area contributed by atoms with E-state index in [1.54, 1.807) is 18.3 Å². The molecule has 2 rings (SSSR count). The molecular formula is C10H13N5O. The standard InChI is InChI=1S/C10H13N5O/c1-15(2)6-9-13-10(16-14-9)7-3-4-12-8(11)5-7/h3-5H,6H2,1-2H3,(H2,11,12). The number of anilines is 1. The van der Waals surface area contributed by atoms with Gasteiger partial charge in [-0.05, 0) is 26.2 Å². The van der Waals surface area contributed by atoms with E-state index in [1.165, 1.54) is 0 Å². The molecule has 0 saturated heterocycles. The van der Waals surface area contributed by atoms with Crippen molar-refractivity contribution >= 4 is 5.82 Å². The number of hydrogen-bond acceptors (Lipinski definition) is 6. The first kappa shape index (κ1) is 10.6. The largest absolute Gasteiger partial charge is 0.384 e. The molecule has 0 spiro atoms. The zero-order valence-electron chi connectivity index (χ0n) is 9.21. The Labute approximate surface area is 93.1 Å². The van der Waals surface area contributed by atoms with Gasteiger partial charge in [-0.25, -0.2) is 4.98 Å². The van der Waals surface area contributed by atoms with Crippen LogP contribution in [-0.2, 0) is 6.54 Å². The van der Waals surface area contributed by atoms with Crippen LogP contribution in [0.25, 0.3) is 11.5 Å². The molecule has 0 aromatic carbocycles. The lowest BCUT2D eigenvalue weighted by Crippen LogP contribution is -2.11. The molecule has 0 amide bonds. The van der Waals surface area contributed by atoms with E-state index in [-0.39, 0.29) is 0 Å². The predicted octanol–water partition coefficient (Wildman–Crippen LogP) is 0.775. The van der Waals surface area contributed by atoms with Gasteiger partial charge in [-0.15, -0.1) is 0 Å². The average Bonchev–Trinajstić information content (AvgIpc) is 2.65. The summed E-state index contributed by atoms with van der Waals surface area (Å²) in [6, 6.07) is 3.48. The van der Waals surface area contributed by atoms with E-state index in [0.717, 1.165) is 5.56 Å². The first-order chi connectivity index (χ1) is 7.65. The maximum Gasteiger partial charge on any atom is 0.258 e. The highest BCUT2D eigenvalue weighted by molar-refractivity contribution is 5.56. The number of rotatable bonds is 3. The van der Waals surface area contributed by atoms with Gasteiger partial charge in [0.05, 0.1) is 6.54 Å². The summed E-state index contributed by atoms with van der Waals surface area (Å²) in [6.07, 6.45) is 1.61. The van der Waals surface area contributed by atoms with E-state index in [9.17, 15) is 0 Å². The number of nitrogen functional groups attached to an aromatic ring is 1. The molecule has 2 aromatic rings. The minimum atomic E-state index is 0.435. The summed E-state index contributed by atoms with van der Waals surface area (Å²) in [7, 11) is 3.89. The predicted molar refractivity (Wildman–Crippen MR) is 59.3 cm³/mol. The van der Waals surface area contributed by atoms with Gasteiger partial charge in [0.2, 0.25) is 0 Å². The fraction of sp³-hybridized carbons (Fsp3) is 0.300. The van der Waals surface area contributed by atoms with Crippen molar-refractivity contribution in [3.8, 4) is 11.5 Å². The maximum absolute atomic E-state index is 5.57. The second-order valence-corrected chi connectivity index (χ2v) is 3.72. The van der Waals surface area contributed by atoms with Crippen LogP contribution in [0.2, 0.25) is 0 Å². The Morgan fingerprint density at radius 3 is 2.94 bits per heavy atom. The van der Waals surface area contributed by atoms with Crippen LogP contribution in [0.1, 0.15) is 5.82 Å². The minimum Gasteiger partial charge on any atom is -0.384 e. The van der Waals surface area contributed by atoms with Crippen molar-refractivity contribution in [1.29, 1.82) is 0 Å². The van der Waals surface area contributed by atoms with Crippen molar-refractivity contribution in [3.63, 3.8) is 0 Å². The summed E-state index contributed by atoms with van der Waals surface area (Å²) in [5.41, 5.74) is 6.36. The normalized spacial score (nSPS) is 10.9. The van der Waals surface area contributed by atoms with Crippen LogP contribution in [0.3, 0.4) is 0 Å². The second-order valence-electron chi connectivity index (χ2n) is 3.72. The van der Waals surface area contributed by atoms with Crippen molar-refractivity contribution in [2.24, 2.45) is 0 Å². The van der Waals surface area contributed by atoms with Crippen LogP contribution in [0.15, 0.2) is 22.9 Å². The number of aromatic nitrogens is 3. The Hall–Kier alpha value is -1.95. The molecule has 0 atom stereocenters. The molecule has 2 aromatic heterocycles. The van der Waals surface area contributed by atoms with Crippen LogP contribution in [0.5, 0.6) is 0 Å². The zero-order chi connectivity index (χ0) is 11.5. The van der Waals surface area contributed by atoms with Gasteiger partial charge in [0.25, 0.3) is 5.89 Å². The van der Waals surface area contributed by atoms with Crippen LogP contribution < -0.4 is 5.73 Å². The fourth-order valence-corrected chi connectivity index (χ4v) is 1.30. The molecule has 0 aliphatic rings. The highest BCUT2D eigenvalue weighted by atomic mass is 16.5. The first-order valence-corrected chi connectivity index (χ1v) is 4.84. The average molecular weight is 219 g/mol. The third-order valence-electron chi connectivity index (χ3n) is 1.95. The van der Waals surface area contributed by atoms with E-state index >= 15 is 0 Å². The van der Waals surface area contributed by atoms with Gasteiger partial charge < -0.3 is 15.2 Å². The number of hydrogen-bond donors (Lipinski definition) is 1. The lowest BCUT2D eigenvalue weighted by atomic mass is 10.2. The minimum absolute atomic E-state index is 0.435. The van der Waals surface area contributed by atoms with Crippen molar-refractivity contribution < 1.29 is 4.52 Å². The Balaban J connectivity index is 2.24. The van der Waals surface area contributed by atoms with Crippen molar-refractivity contribution in [1.82, 2.24) is 20.0 Å². The summed E-state index contributed by atoms with van der Waals surface area (Å²) in [5.74, 6) is 1.55. The number of nitrogens with zero attached hydrogens (tertiary/aromatic N) is 4. The third kappa shape index (κ3) is 2.34. The summed E-state index contributed by atoms with van der Waals surface area (Å²) >= 11 is 0. The molecule has 6 heteroatoms. The van der Waals surface area contributed by atoms with Crippen molar-refractivity contribution in [2.75, 3.05) is 19.8 Å². The van der Waals surface area contributed by atoms with Gasteiger partial charge in [0.1, 0.15) is 5.82 Å². The molecule has 0 aliphatic heterocycles. The number of pyridine rings is 1. The molecule has 0 fully saturated rings. The molecule has 84 valence electrons. The molecule has 0 unspecified atom stereocenters. The Bertz CT molecular complexity index is 480. The molecule has 2 heterocycles. The van der Waals surface area contributed by atoms with E-state index < -0.39 is 0 Å². The van der Waals surface area contributed by atoms with E-state index in [1.807, 2.05) is 19.0 Å². The molecule has 0 bridgehead atoms.